The predicted molar refractivity (Wildman–Crippen MR) is 106 cm³/mol. The minimum atomic E-state index is -1.88. The number of rotatable bonds is 8. The van der Waals surface area contributed by atoms with E-state index in [1.807, 2.05) is 0 Å². The summed E-state index contributed by atoms with van der Waals surface area (Å²) in [4.78, 5) is 0. The Morgan fingerprint density at radius 1 is 0.514 bits per heavy atom. The van der Waals surface area contributed by atoms with Crippen LogP contribution in [0.3, 0.4) is 0 Å². The van der Waals surface area contributed by atoms with Crippen molar-refractivity contribution in [2.75, 3.05) is 26.9 Å². The third kappa shape index (κ3) is 5.78. The zero-order valence-corrected chi connectivity index (χ0v) is 18.7. The first-order chi connectivity index (χ1) is 16.6. The van der Waals surface area contributed by atoms with E-state index in [1.54, 1.807) is 0 Å². The summed E-state index contributed by atoms with van der Waals surface area (Å²) in [6.07, 6.45) is -23.7. The van der Waals surface area contributed by atoms with E-state index in [-0.39, 0.29) is 0 Å². The molecule has 10 N–H and O–H groups in total. The lowest BCUT2D eigenvalue weighted by atomic mass is 9.96. The Bertz CT molecular complexity index is 650. The van der Waals surface area contributed by atoms with Gasteiger partial charge in [-0.25, -0.2) is 0 Å². The van der Waals surface area contributed by atoms with Gasteiger partial charge in [0.25, 0.3) is 0 Å². The van der Waals surface area contributed by atoms with Crippen molar-refractivity contribution in [1.29, 1.82) is 0 Å². The van der Waals surface area contributed by atoms with E-state index >= 15 is 0 Å². The monoisotopic (exact) mass is 518 g/mol. The lowest BCUT2D eigenvalue weighted by molar-refractivity contribution is -0.378. The second-order valence-electron chi connectivity index (χ2n) is 8.54. The van der Waals surface area contributed by atoms with Gasteiger partial charge in [-0.3, -0.25) is 0 Å². The van der Waals surface area contributed by atoms with E-state index in [2.05, 4.69) is 0 Å². The smallest absolute Gasteiger partial charge is 0.187 e. The highest BCUT2D eigenvalue weighted by Gasteiger charge is 2.53. The molecule has 0 unspecified atom stereocenters. The Labute approximate surface area is 199 Å². The molecule has 16 nitrogen and oxygen atoms in total. The average molecular weight is 518 g/mol. The van der Waals surface area contributed by atoms with Crippen LogP contribution in [0.1, 0.15) is 0 Å². The van der Waals surface area contributed by atoms with Gasteiger partial charge in [-0.2, -0.15) is 0 Å². The van der Waals surface area contributed by atoms with E-state index in [1.165, 1.54) is 7.11 Å². The van der Waals surface area contributed by atoms with Gasteiger partial charge in [0.1, 0.15) is 73.2 Å². The normalized spacial score (nSPS) is 51.3. The van der Waals surface area contributed by atoms with E-state index in [4.69, 9.17) is 28.4 Å². The third-order valence-electron chi connectivity index (χ3n) is 6.34. The third-order valence-corrected chi connectivity index (χ3v) is 6.34. The fourth-order valence-electron chi connectivity index (χ4n) is 4.33. The van der Waals surface area contributed by atoms with Gasteiger partial charge in [0.05, 0.1) is 19.8 Å². The molecular formula is C19H34O16. The summed E-state index contributed by atoms with van der Waals surface area (Å²) in [5, 5.41) is 100. The van der Waals surface area contributed by atoms with Crippen LogP contribution in [0.2, 0.25) is 0 Å². The Balaban J connectivity index is 1.72. The highest BCUT2D eigenvalue weighted by molar-refractivity contribution is 4.96. The zero-order valence-electron chi connectivity index (χ0n) is 18.7. The second kappa shape index (κ2) is 12.3. The molecule has 15 atom stereocenters. The second-order valence-corrected chi connectivity index (χ2v) is 8.54. The van der Waals surface area contributed by atoms with Crippen molar-refractivity contribution in [2.45, 2.75) is 92.1 Å². The molecule has 0 bridgehead atoms. The molecule has 206 valence electrons. The van der Waals surface area contributed by atoms with Crippen molar-refractivity contribution in [3.8, 4) is 0 Å². The molecular weight excluding hydrogens is 484 g/mol. The molecule has 3 aliphatic heterocycles. The molecule has 0 saturated carbocycles. The van der Waals surface area contributed by atoms with Crippen LogP contribution >= 0.6 is 0 Å². The molecule has 0 aromatic rings. The maximum absolute atomic E-state index is 10.7. The summed E-state index contributed by atoms with van der Waals surface area (Å²) in [5.41, 5.74) is 0. The number of hydrogen-bond donors (Lipinski definition) is 10. The summed E-state index contributed by atoms with van der Waals surface area (Å²) in [7, 11) is 1.24. The molecule has 0 amide bonds. The molecule has 0 aromatic heterocycles. The largest absolute Gasteiger partial charge is 0.394 e. The van der Waals surface area contributed by atoms with E-state index in [0.29, 0.717) is 0 Å². The van der Waals surface area contributed by atoms with Crippen LogP contribution in [0.15, 0.2) is 0 Å². The molecule has 0 aliphatic carbocycles. The lowest BCUT2D eigenvalue weighted by Gasteiger charge is -2.48. The Morgan fingerprint density at radius 2 is 0.886 bits per heavy atom. The first-order valence-corrected chi connectivity index (χ1v) is 11.0. The molecule has 3 saturated heterocycles. The van der Waals surface area contributed by atoms with Gasteiger partial charge < -0.3 is 79.5 Å². The van der Waals surface area contributed by atoms with Crippen LogP contribution in [0, 0.1) is 0 Å². The van der Waals surface area contributed by atoms with Crippen LogP contribution in [0.4, 0.5) is 0 Å². The quantitative estimate of drug-likeness (QED) is 0.143. The zero-order chi connectivity index (χ0) is 26.0. The van der Waals surface area contributed by atoms with E-state index in [9.17, 15) is 51.1 Å². The van der Waals surface area contributed by atoms with Crippen molar-refractivity contribution in [3.05, 3.63) is 0 Å². The molecule has 35 heavy (non-hydrogen) atoms. The van der Waals surface area contributed by atoms with Gasteiger partial charge in [0.2, 0.25) is 0 Å². The predicted octanol–water partition coefficient (Wildman–Crippen LogP) is -6.92. The van der Waals surface area contributed by atoms with Crippen LogP contribution in [0.5, 0.6) is 0 Å². The van der Waals surface area contributed by atoms with E-state index < -0.39 is 112 Å². The molecule has 3 aliphatic rings. The standard InChI is InChI=1S/C19H34O16/c1-30-14-5(2-20)32-18(12(27)9(14)24)35-16-7(4-22)33-19(13(28)10(16)25)34-15-6(3-21)31-17(29)11(26)8(15)23/h5-29H,2-4H2,1H3/t5-,6-,7-,8-,9-,10-,11-,12-,13-,14-,15-,16-,17+,18-,19-/m1/s1. The summed E-state index contributed by atoms with van der Waals surface area (Å²) in [5.74, 6) is 0. The number of methoxy groups -OCH3 is 1. The molecule has 0 spiro atoms. The van der Waals surface area contributed by atoms with Crippen LogP contribution < -0.4 is 0 Å². The van der Waals surface area contributed by atoms with Gasteiger partial charge >= 0.3 is 0 Å². The Kier molecular flexibility index (Phi) is 10.1. The van der Waals surface area contributed by atoms with Gasteiger partial charge in [-0.15, -0.1) is 0 Å². The van der Waals surface area contributed by atoms with Crippen LogP contribution in [-0.4, -0.2) is 170 Å². The fraction of sp³-hybridized carbons (Fsp3) is 1.00. The molecule has 3 heterocycles. The Hall–Kier alpha value is -0.640. The maximum Gasteiger partial charge on any atom is 0.187 e. The van der Waals surface area contributed by atoms with Crippen molar-refractivity contribution in [3.63, 3.8) is 0 Å². The summed E-state index contributed by atoms with van der Waals surface area (Å²) in [6, 6.07) is 0. The molecule has 16 heteroatoms. The molecule has 0 radical (unpaired) electrons. The first kappa shape index (κ1) is 28.9. The van der Waals surface area contributed by atoms with Crippen molar-refractivity contribution < 1.29 is 79.5 Å². The van der Waals surface area contributed by atoms with Crippen molar-refractivity contribution in [1.82, 2.24) is 0 Å². The van der Waals surface area contributed by atoms with Gasteiger partial charge in [0, 0.05) is 7.11 Å². The molecule has 3 fully saturated rings. The highest BCUT2D eigenvalue weighted by Crippen LogP contribution is 2.32. The minimum Gasteiger partial charge on any atom is -0.394 e. The van der Waals surface area contributed by atoms with Crippen molar-refractivity contribution >= 4 is 0 Å². The maximum atomic E-state index is 10.7. The van der Waals surface area contributed by atoms with Gasteiger partial charge in [-0.05, 0) is 0 Å². The first-order valence-electron chi connectivity index (χ1n) is 11.0. The lowest BCUT2D eigenvalue weighted by Crippen LogP contribution is -2.66. The SMILES string of the molecule is CO[C@H]1[C@H](O)[C@@H](O)[C@@H](O[C@H]2[C@H](O)[C@@H](O)[C@@H](O[C@H]3[C@H](O)[C@@H](O)[C@@H](O)O[C@@H]3CO)O[C@@H]2CO)O[C@@H]1CO. The molecule has 3 rings (SSSR count). The van der Waals surface area contributed by atoms with E-state index in [0.717, 1.165) is 0 Å². The number of aliphatic hydroxyl groups is 10. The van der Waals surface area contributed by atoms with Gasteiger partial charge in [0.15, 0.2) is 18.9 Å². The van der Waals surface area contributed by atoms with Gasteiger partial charge in [-0.1, -0.05) is 0 Å². The number of aliphatic hydroxyl groups excluding tert-OH is 10. The number of ether oxygens (including phenoxy) is 6. The van der Waals surface area contributed by atoms with Crippen LogP contribution in [-0.2, 0) is 28.4 Å². The fourth-order valence-corrected chi connectivity index (χ4v) is 4.33. The minimum absolute atomic E-state index is 0.605. The highest BCUT2D eigenvalue weighted by atomic mass is 16.8. The summed E-state index contributed by atoms with van der Waals surface area (Å²) in [6.45, 7) is -2.15. The average Bonchev–Trinajstić information content (AvgIpc) is 2.85. The Morgan fingerprint density at radius 3 is 1.31 bits per heavy atom. The topological polar surface area (TPSA) is 258 Å². The summed E-state index contributed by atoms with van der Waals surface area (Å²) < 4.78 is 31.8. The van der Waals surface area contributed by atoms with Crippen molar-refractivity contribution in [2.24, 2.45) is 0 Å². The summed E-state index contributed by atoms with van der Waals surface area (Å²) >= 11 is 0. The van der Waals surface area contributed by atoms with Crippen LogP contribution in [0.25, 0.3) is 0 Å². The number of hydrogen-bond acceptors (Lipinski definition) is 16. The molecule has 0 aromatic carbocycles.